The van der Waals surface area contributed by atoms with E-state index in [9.17, 15) is 10.1 Å². The number of rotatable bonds is 10. The molecule has 2 heterocycles. The molecule has 0 unspecified atom stereocenters. The van der Waals surface area contributed by atoms with E-state index in [4.69, 9.17) is 19.2 Å². The monoisotopic (exact) mass is 526 g/mol. The molecule has 1 N–H and O–H groups in total. The van der Waals surface area contributed by atoms with E-state index >= 15 is 0 Å². The molecule has 0 saturated heterocycles. The number of carbonyl (C=O) groups excluding carboxylic acids is 1. The van der Waals surface area contributed by atoms with Crippen LogP contribution >= 0.6 is 11.8 Å². The Morgan fingerprint density at radius 2 is 1.66 bits per heavy atom. The highest BCUT2D eigenvalue weighted by atomic mass is 32.2. The summed E-state index contributed by atoms with van der Waals surface area (Å²) in [5.74, 6) is 2.16. The molecule has 4 aromatic rings. The fourth-order valence-electron chi connectivity index (χ4n) is 3.84. The highest BCUT2D eigenvalue weighted by molar-refractivity contribution is 7.99. The zero-order valence-electron chi connectivity index (χ0n) is 21.2. The molecule has 192 valence electrons. The SMILES string of the molecule is COc1cc(-c2cc(-c3ccccc3)nc(SCCC(=O)Nc3ccccn3)c2C#N)cc(OC)c1OC. The lowest BCUT2D eigenvalue weighted by atomic mass is 9.98. The van der Waals surface area contributed by atoms with Crippen molar-refractivity contribution in [2.75, 3.05) is 32.4 Å². The Bertz CT molecular complexity index is 1430. The van der Waals surface area contributed by atoms with E-state index in [1.165, 1.54) is 11.8 Å². The molecule has 1 amide bonds. The van der Waals surface area contributed by atoms with Crippen LogP contribution in [0.5, 0.6) is 17.2 Å². The second-order valence-corrected chi connectivity index (χ2v) is 9.07. The molecular formula is C29H26N4O4S. The van der Waals surface area contributed by atoms with Gasteiger partial charge in [0.15, 0.2) is 11.5 Å². The van der Waals surface area contributed by atoms with Gasteiger partial charge in [-0.3, -0.25) is 4.79 Å². The first-order chi connectivity index (χ1) is 18.6. The summed E-state index contributed by atoms with van der Waals surface area (Å²) in [7, 11) is 4.64. The Morgan fingerprint density at radius 1 is 0.947 bits per heavy atom. The lowest BCUT2D eigenvalue weighted by molar-refractivity contribution is -0.115. The largest absolute Gasteiger partial charge is 0.493 e. The van der Waals surface area contributed by atoms with Crippen LogP contribution in [0.4, 0.5) is 5.82 Å². The number of benzene rings is 2. The number of amides is 1. The van der Waals surface area contributed by atoms with E-state index in [0.29, 0.717) is 56.2 Å². The number of aromatic nitrogens is 2. The Hall–Kier alpha value is -4.55. The summed E-state index contributed by atoms with van der Waals surface area (Å²) in [4.78, 5) is 21.4. The highest BCUT2D eigenvalue weighted by Gasteiger charge is 2.20. The predicted octanol–water partition coefficient (Wildman–Crippen LogP) is 5.83. The summed E-state index contributed by atoms with van der Waals surface area (Å²) in [5, 5.41) is 13.5. The summed E-state index contributed by atoms with van der Waals surface area (Å²) in [6.45, 7) is 0. The molecule has 0 aliphatic carbocycles. The van der Waals surface area contributed by atoms with Crippen molar-refractivity contribution in [1.29, 1.82) is 5.26 Å². The Kier molecular flexibility index (Phi) is 8.80. The smallest absolute Gasteiger partial charge is 0.226 e. The van der Waals surface area contributed by atoms with E-state index in [-0.39, 0.29) is 12.3 Å². The summed E-state index contributed by atoms with van der Waals surface area (Å²) < 4.78 is 16.5. The molecule has 0 bridgehead atoms. The number of nitrogens with zero attached hydrogens (tertiary/aromatic N) is 3. The standard InChI is InChI=1S/C29H26N4O4S/c1-35-24-15-20(16-25(36-2)28(24)37-3)21-17-23(19-9-5-4-6-10-19)32-29(22(21)18-30)38-14-12-27(34)33-26-11-7-8-13-31-26/h4-11,13,15-17H,12,14H2,1-3H3,(H,31,33,34). The van der Waals surface area contributed by atoms with Gasteiger partial charge in [0.05, 0.1) is 32.6 Å². The first kappa shape index (κ1) is 26.5. The maximum atomic E-state index is 12.4. The Morgan fingerprint density at radius 3 is 2.26 bits per heavy atom. The number of methoxy groups -OCH3 is 3. The predicted molar refractivity (Wildman–Crippen MR) is 148 cm³/mol. The number of nitrogens with one attached hydrogen (secondary N) is 1. The average Bonchev–Trinajstić information content (AvgIpc) is 2.96. The van der Waals surface area contributed by atoms with Gasteiger partial charge in [0.25, 0.3) is 0 Å². The number of hydrogen-bond acceptors (Lipinski definition) is 8. The van der Waals surface area contributed by atoms with Crippen molar-refractivity contribution in [3.63, 3.8) is 0 Å². The zero-order chi connectivity index (χ0) is 26.9. The van der Waals surface area contributed by atoms with Gasteiger partial charge in [0, 0.05) is 29.5 Å². The van der Waals surface area contributed by atoms with E-state index < -0.39 is 0 Å². The maximum Gasteiger partial charge on any atom is 0.226 e. The molecule has 0 aliphatic rings. The lowest BCUT2D eigenvalue weighted by Crippen LogP contribution is -2.13. The van der Waals surface area contributed by atoms with Crippen molar-refractivity contribution >= 4 is 23.5 Å². The summed E-state index contributed by atoms with van der Waals surface area (Å²) in [6, 6.07) is 22.9. The van der Waals surface area contributed by atoms with Crippen molar-refractivity contribution in [3.8, 4) is 45.7 Å². The molecule has 9 heteroatoms. The quantitative estimate of drug-likeness (QED) is 0.257. The van der Waals surface area contributed by atoms with Crippen LogP contribution in [-0.4, -0.2) is 43.0 Å². The molecule has 2 aromatic heterocycles. The molecule has 0 fully saturated rings. The third-order valence-corrected chi connectivity index (χ3v) is 6.62. The van der Waals surface area contributed by atoms with Gasteiger partial charge in [-0.2, -0.15) is 5.26 Å². The number of carbonyl (C=O) groups is 1. The van der Waals surface area contributed by atoms with Gasteiger partial charge < -0.3 is 19.5 Å². The van der Waals surface area contributed by atoms with E-state index in [1.807, 2.05) is 36.4 Å². The van der Waals surface area contributed by atoms with E-state index in [1.54, 1.807) is 57.9 Å². The maximum absolute atomic E-state index is 12.4. The number of nitriles is 1. The zero-order valence-corrected chi connectivity index (χ0v) is 22.0. The van der Waals surface area contributed by atoms with Crippen LogP contribution in [0.3, 0.4) is 0 Å². The van der Waals surface area contributed by atoms with Crippen molar-refractivity contribution in [2.45, 2.75) is 11.4 Å². The lowest BCUT2D eigenvalue weighted by Gasteiger charge is -2.16. The number of hydrogen-bond donors (Lipinski definition) is 1. The topological polar surface area (TPSA) is 106 Å². The third-order valence-electron chi connectivity index (χ3n) is 5.64. The van der Waals surface area contributed by atoms with Gasteiger partial charge >= 0.3 is 0 Å². The second kappa shape index (κ2) is 12.6. The number of thioether (sulfide) groups is 1. The van der Waals surface area contributed by atoms with E-state index in [0.717, 1.165) is 5.56 Å². The van der Waals surface area contributed by atoms with Gasteiger partial charge in [0.2, 0.25) is 11.7 Å². The Balaban J connectivity index is 1.72. The van der Waals surface area contributed by atoms with Crippen LogP contribution in [0.2, 0.25) is 0 Å². The molecule has 0 spiro atoms. The van der Waals surface area contributed by atoms with Gasteiger partial charge in [-0.1, -0.05) is 36.4 Å². The minimum atomic E-state index is -0.168. The first-order valence-corrected chi connectivity index (χ1v) is 12.7. The number of anilines is 1. The third kappa shape index (κ3) is 6.05. The molecule has 2 aromatic carbocycles. The molecule has 0 saturated carbocycles. The molecular weight excluding hydrogens is 500 g/mol. The normalized spacial score (nSPS) is 10.4. The minimum Gasteiger partial charge on any atom is -0.493 e. The van der Waals surface area contributed by atoms with Gasteiger partial charge in [-0.05, 0) is 35.9 Å². The van der Waals surface area contributed by atoms with Crippen LogP contribution < -0.4 is 19.5 Å². The summed E-state index contributed by atoms with van der Waals surface area (Å²) >= 11 is 1.35. The van der Waals surface area contributed by atoms with Gasteiger partial charge in [-0.15, -0.1) is 11.8 Å². The van der Waals surface area contributed by atoms with Crippen LogP contribution in [0.25, 0.3) is 22.4 Å². The van der Waals surface area contributed by atoms with Gasteiger partial charge in [-0.25, -0.2) is 9.97 Å². The van der Waals surface area contributed by atoms with Gasteiger partial charge in [0.1, 0.15) is 16.9 Å². The molecule has 38 heavy (non-hydrogen) atoms. The number of pyridine rings is 2. The van der Waals surface area contributed by atoms with Crippen LogP contribution in [0, 0.1) is 11.3 Å². The first-order valence-electron chi connectivity index (χ1n) is 11.7. The molecule has 4 rings (SSSR count). The van der Waals surface area contributed by atoms with Crippen LogP contribution in [0.1, 0.15) is 12.0 Å². The molecule has 8 nitrogen and oxygen atoms in total. The summed E-state index contributed by atoms with van der Waals surface area (Å²) in [5.41, 5.74) is 3.38. The minimum absolute atomic E-state index is 0.168. The van der Waals surface area contributed by atoms with Crippen molar-refractivity contribution in [3.05, 3.63) is 78.5 Å². The fraction of sp³-hybridized carbons (Fsp3) is 0.172. The summed E-state index contributed by atoms with van der Waals surface area (Å²) in [6.07, 6.45) is 1.84. The molecule has 0 atom stereocenters. The second-order valence-electron chi connectivity index (χ2n) is 7.99. The van der Waals surface area contributed by atoms with Crippen molar-refractivity contribution in [1.82, 2.24) is 9.97 Å². The van der Waals surface area contributed by atoms with Crippen LogP contribution in [-0.2, 0) is 4.79 Å². The molecule has 0 aliphatic heterocycles. The number of ether oxygens (including phenoxy) is 3. The van der Waals surface area contributed by atoms with Crippen LogP contribution in [0.15, 0.2) is 78.0 Å². The Labute approximate surface area is 225 Å². The highest BCUT2D eigenvalue weighted by Crippen LogP contribution is 2.43. The average molecular weight is 527 g/mol. The fourth-order valence-corrected chi connectivity index (χ4v) is 4.78. The molecule has 0 radical (unpaired) electrons. The van der Waals surface area contributed by atoms with Crippen molar-refractivity contribution in [2.24, 2.45) is 0 Å². The van der Waals surface area contributed by atoms with Crippen molar-refractivity contribution < 1.29 is 19.0 Å². The van der Waals surface area contributed by atoms with E-state index in [2.05, 4.69) is 16.4 Å².